The highest BCUT2D eigenvalue weighted by Crippen LogP contribution is 2.39. The molecule has 1 saturated heterocycles. The molecule has 0 aliphatic carbocycles. The molecule has 1 aliphatic rings. The highest BCUT2D eigenvalue weighted by Gasteiger charge is 2.36. The highest BCUT2D eigenvalue weighted by atomic mass is 16.5. The fourth-order valence-electron chi connectivity index (χ4n) is 3.78. The van der Waals surface area contributed by atoms with E-state index in [-0.39, 0.29) is 24.1 Å². The predicted octanol–water partition coefficient (Wildman–Crippen LogP) is 3.87. The zero-order valence-electron chi connectivity index (χ0n) is 15.1. The van der Waals surface area contributed by atoms with Gasteiger partial charge in [-0.1, -0.05) is 31.2 Å². The molecule has 4 heteroatoms. The first-order chi connectivity index (χ1) is 12.2. The van der Waals surface area contributed by atoms with Gasteiger partial charge < -0.3 is 19.9 Å². The fourth-order valence-corrected chi connectivity index (χ4v) is 3.78. The van der Waals surface area contributed by atoms with Crippen LogP contribution in [-0.4, -0.2) is 25.4 Å². The summed E-state index contributed by atoms with van der Waals surface area (Å²) in [4.78, 5) is 0. The van der Waals surface area contributed by atoms with E-state index in [0.29, 0.717) is 0 Å². The first-order valence-corrected chi connectivity index (χ1v) is 8.88. The second-order valence-corrected chi connectivity index (χ2v) is 6.62. The molecule has 25 heavy (non-hydrogen) atoms. The zero-order chi connectivity index (χ0) is 17.8. The van der Waals surface area contributed by atoms with Gasteiger partial charge in [0.05, 0.1) is 20.3 Å². The first kappa shape index (κ1) is 17.8. The minimum atomic E-state index is -0.328. The van der Waals surface area contributed by atoms with E-state index in [0.717, 1.165) is 24.3 Å². The smallest absolute Gasteiger partial charge is 0.118 e. The van der Waals surface area contributed by atoms with Crippen molar-refractivity contribution in [1.29, 1.82) is 0 Å². The highest BCUT2D eigenvalue weighted by molar-refractivity contribution is 5.33. The number of aliphatic hydroxyl groups excluding tert-OH is 1. The molecule has 0 radical (unpaired) electrons. The van der Waals surface area contributed by atoms with Crippen LogP contribution in [0.4, 0.5) is 0 Å². The Morgan fingerprint density at radius 2 is 1.44 bits per heavy atom. The molecule has 0 amide bonds. The summed E-state index contributed by atoms with van der Waals surface area (Å²) < 4.78 is 10.5. The van der Waals surface area contributed by atoms with Gasteiger partial charge in [-0.15, -0.1) is 0 Å². The molecule has 3 rings (SSSR count). The van der Waals surface area contributed by atoms with Crippen molar-refractivity contribution in [2.24, 2.45) is 5.92 Å². The average molecular weight is 341 g/mol. The van der Waals surface area contributed by atoms with Gasteiger partial charge in [-0.3, -0.25) is 0 Å². The molecule has 1 fully saturated rings. The van der Waals surface area contributed by atoms with E-state index in [1.165, 1.54) is 11.1 Å². The second kappa shape index (κ2) is 7.89. The Kier molecular flexibility index (Phi) is 5.61. The van der Waals surface area contributed by atoms with E-state index >= 15 is 0 Å². The van der Waals surface area contributed by atoms with Crippen molar-refractivity contribution in [3.8, 4) is 11.5 Å². The number of nitrogens with one attached hydrogen (secondary N) is 1. The van der Waals surface area contributed by atoms with Crippen LogP contribution in [0.5, 0.6) is 11.5 Å². The molecule has 2 N–H and O–H groups in total. The van der Waals surface area contributed by atoms with Crippen LogP contribution in [0.2, 0.25) is 0 Å². The van der Waals surface area contributed by atoms with Crippen molar-refractivity contribution < 1.29 is 14.6 Å². The lowest BCUT2D eigenvalue weighted by atomic mass is 9.78. The molecule has 134 valence electrons. The maximum atomic E-state index is 10.7. The van der Waals surface area contributed by atoms with Crippen LogP contribution in [0.1, 0.15) is 43.0 Å². The van der Waals surface area contributed by atoms with Gasteiger partial charge in [0.1, 0.15) is 11.5 Å². The van der Waals surface area contributed by atoms with Gasteiger partial charge in [0.25, 0.3) is 0 Å². The minimum absolute atomic E-state index is 0.117. The second-order valence-electron chi connectivity index (χ2n) is 6.62. The molecule has 4 nitrogen and oxygen atoms in total. The SMILES string of the molecule is CC[C@H]1[C@@H](c2ccc(OC)cc2)N[C@@H](c2ccc(OC)cc2)C[C@@H]1O. The van der Waals surface area contributed by atoms with Crippen LogP contribution in [0.3, 0.4) is 0 Å². The maximum absolute atomic E-state index is 10.7. The Hall–Kier alpha value is -2.04. The summed E-state index contributed by atoms with van der Waals surface area (Å²) in [5, 5.41) is 14.5. The normalized spacial score (nSPS) is 26.2. The summed E-state index contributed by atoms with van der Waals surface area (Å²) in [6.07, 6.45) is 1.32. The molecule has 1 aliphatic heterocycles. The summed E-state index contributed by atoms with van der Waals surface area (Å²) in [6, 6.07) is 16.4. The summed E-state index contributed by atoms with van der Waals surface area (Å²) >= 11 is 0. The number of ether oxygens (including phenoxy) is 2. The van der Waals surface area contributed by atoms with Gasteiger partial charge in [0.2, 0.25) is 0 Å². The van der Waals surface area contributed by atoms with Crippen molar-refractivity contribution in [2.45, 2.75) is 38.0 Å². The van der Waals surface area contributed by atoms with Gasteiger partial charge in [0, 0.05) is 18.0 Å². The molecule has 1 heterocycles. The summed E-state index contributed by atoms with van der Waals surface area (Å²) in [7, 11) is 3.34. The monoisotopic (exact) mass is 341 g/mol. The van der Waals surface area contributed by atoms with E-state index in [2.05, 4.69) is 36.5 Å². The number of hydrogen-bond acceptors (Lipinski definition) is 4. The van der Waals surface area contributed by atoms with Crippen LogP contribution >= 0.6 is 0 Å². The van der Waals surface area contributed by atoms with Gasteiger partial charge in [0.15, 0.2) is 0 Å². The molecular weight excluding hydrogens is 314 g/mol. The Bertz CT molecular complexity index is 669. The van der Waals surface area contributed by atoms with Crippen LogP contribution in [0, 0.1) is 5.92 Å². The van der Waals surface area contributed by atoms with Gasteiger partial charge in [-0.25, -0.2) is 0 Å². The number of piperidine rings is 1. The Morgan fingerprint density at radius 3 is 1.92 bits per heavy atom. The third-order valence-electron chi connectivity index (χ3n) is 5.24. The fraction of sp³-hybridized carbons (Fsp3) is 0.429. The summed E-state index contributed by atoms with van der Waals surface area (Å²) in [6.45, 7) is 2.14. The zero-order valence-corrected chi connectivity index (χ0v) is 15.1. The lowest BCUT2D eigenvalue weighted by Gasteiger charge is -2.41. The third kappa shape index (κ3) is 3.80. The Labute approximate surface area is 149 Å². The van der Waals surface area contributed by atoms with E-state index in [1.807, 2.05) is 24.3 Å². The molecule has 0 spiro atoms. The number of rotatable bonds is 5. The minimum Gasteiger partial charge on any atom is -0.497 e. The molecule has 0 aromatic heterocycles. The number of benzene rings is 2. The molecule has 0 unspecified atom stereocenters. The maximum Gasteiger partial charge on any atom is 0.118 e. The van der Waals surface area contributed by atoms with Crippen molar-refractivity contribution in [3.63, 3.8) is 0 Å². The molecule has 2 aromatic carbocycles. The average Bonchev–Trinajstić information content (AvgIpc) is 2.67. The van der Waals surface area contributed by atoms with Crippen molar-refractivity contribution >= 4 is 0 Å². The molecule has 4 atom stereocenters. The van der Waals surface area contributed by atoms with Gasteiger partial charge >= 0.3 is 0 Å². The van der Waals surface area contributed by atoms with E-state index in [1.54, 1.807) is 14.2 Å². The Balaban J connectivity index is 1.85. The molecule has 2 aromatic rings. The summed E-state index contributed by atoms with van der Waals surface area (Å²) in [5.41, 5.74) is 2.36. The largest absolute Gasteiger partial charge is 0.497 e. The molecule has 0 saturated carbocycles. The molecule has 0 bridgehead atoms. The first-order valence-electron chi connectivity index (χ1n) is 8.88. The van der Waals surface area contributed by atoms with Crippen molar-refractivity contribution in [3.05, 3.63) is 59.7 Å². The standard InChI is InChI=1S/C21H27NO3/c1-4-18-20(23)13-19(14-5-9-16(24-2)10-6-14)22-21(18)15-7-11-17(25-3)12-8-15/h5-12,18-23H,4,13H2,1-3H3/t18-,19-,20+,21-/m1/s1. The van der Waals surface area contributed by atoms with Crippen molar-refractivity contribution in [2.75, 3.05) is 14.2 Å². The van der Waals surface area contributed by atoms with Gasteiger partial charge in [-0.2, -0.15) is 0 Å². The van der Waals surface area contributed by atoms with Crippen LogP contribution in [0.25, 0.3) is 0 Å². The quantitative estimate of drug-likeness (QED) is 0.867. The van der Waals surface area contributed by atoms with E-state index in [4.69, 9.17) is 9.47 Å². The van der Waals surface area contributed by atoms with E-state index < -0.39 is 0 Å². The molecular formula is C21H27NO3. The Morgan fingerprint density at radius 1 is 0.920 bits per heavy atom. The van der Waals surface area contributed by atoms with Crippen LogP contribution in [-0.2, 0) is 0 Å². The van der Waals surface area contributed by atoms with Crippen molar-refractivity contribution in [1.82, 2.24) is 5.32 Å². The number of hydrogen-bond donors (Lipinski definition) is 2. The predicted molar refractivity (Wildman–Crippen MR) is 99.0 cm³/mol. The lowest BCUT2D eigenvalue weighted by molar-refractivity contribution is 0.0290. The number of methoxy groups -OCH3 is 2. The van der Waals surface area contributed by atoms with Crippen LogP contribution in [0.15, 0.2) is 48.5 Å². The lowest BCUT2D eigenvalue weighted by Crippen LogP contribution is -2.44. The summed E-state index contributed by atoms with van der Waals surface area (Å²) in [5.74, 6) is 1.89. The number of aliphatic hydroxyl groups is 1. The third-order valence-corrected chi connectivity index (χ3v) is 5.24. The topological polar surface area (TPSA) is 50.7 Å². The van der Waals surface area contributed by atoms with Crippen LogP contribution < -0.4 is 14.8 Å². The van der Waals surface area contributed by atoms with E-state index in [9.17, 15) is 5.11 Å². The van der Waals surface area contributed by atoms with Gasteiger partial charge in [-0.05, 0) is 48.2 Å².